The molecule has 0 radical (unpaired) electrons. The van der Waals surface area contributed by atoms with Gasteiger partial charge in [0.05, 0.1) is 12.1 Å². The fraction of sp³-hybridized carbons (Fsp3) is 0.786. The summed E-state index contributed by atoms with van der Waals surface area (Å²) in [6.07, 6.45) is 0. The molecule has 1 aromatic heterocycles. The van der Waals surface area contributed by atoms with E-state index in [1.54, 1.807) is 27.8 Å². The van der Waals surface area contributed by atoms with Crippen molar-refractivity contribution >= 4 is 6.03 Å². The van der Waals surface area contributed by atoms with Crippen molar-refractivity contribution in [3.05, 3.63) is 11.7 Å². The van der Waals surface area contributed by atoms with Crippen LogP contribution in [0.3, 0.4) is 0 Å². The molecular weight excluding hydrogens is 272 g/mol. The van der Waals surface area contributed by atoms with Crippen LogP contribution in [0, 0.1) is 0 Å². The number of hydrogen-bond donors (Lipinski definition) is 2. The van der Waals surface area contributed by atoms with E-state index in [0.717, 1.165) is 0 Å². The quantitative estimate of drug-likeness (QED) is 0.885. The molecule has 0 bridgehead atoms. The molecule has 1 aromatic rings. The van der Waals surface area contributed by atoms with Gasteiger partial charge in [-0.3, -0.25) is 0 Å². The standard InChI is InChI=1S/C14H26N4O3/c1-9(10-16-11(17-21-10)13(2,3)4)15-12(19)18(7)8-14(5,6)20/h9,20H,8H2,1-7H3,(H,15,19). The zero-order valence-electron chi connectivity index (χ0n) is 13.9. The first-order valence-electron chi connectivity index (χ1n) is 6.98. The molecule has 1 unspecified atom stereocenters. The Labute approximate surface area is 125 Å². The number of rotatable bonds is 4. The zero-order valence-corrected chi connectivity index (χ0v) is 13.9. The zero-order chi connectivity index (χ0) is 16.4. The van der Waals surface area contributed by atoms with Crippen molar-refractivity contribution in [3.63, 3.8) is 0 Å². The fourth-order valence-electron chi connectivity index (χ4n) is 1.73. The molecule has 120 valence electrons. The maximum Gasteiger partial charge on any atom is 0.317 e. The van der Waals surface area contributed by atoms with Gasteiger partial charge in [-0.25, -0.2) is 4.79 Å². The van der Waals surface area contributed by atoms with Gasteiger partial charge in [0, 0.05) is 12.5 Å². The van der Waals surface area contributed by atoms with Gasteiger partial charge in [-0.15, -0.1) is 0 Å². The van der Waals surface area contributed by atoms with Crippen molar-refractivity contribution in [3.8, 4) is 0 Å². The molecule has 2 N–H and O–H groups in total. The Balaban J connectivity index is 2.66. The van der Waals surface area contributed by atoms with Gasteiger partial charge in [0.25, 0.3) is 0 Å². The average molecular weight is 298 g/mol. The summed E-state index contributed by atoms with van der Waals surface area (Å²) in [4.78, 5) is 17.7. The number of carbonyl (C=O) groups is 1. The molecule has 0 spiro atoms. The highest BCUT2D eigenvalue weighted by molar-refractivity contribution is 5.74. The summed E-state index contributed by atoms with van der Waals surface area (Å²) in [5.74, 6) is 0.966. The van der Waals surface area contributed by atoms with E-state index in [0.29, 0.717) is 11.7 Å². The number of nitrogens with one attached hydrogen (secondary N) is 1. The Morgan fingerprint density at radius 3 is 2.38 bits per heavy atom. The van der Waals surface area contributed by atoms with Crippen molar-refractivity contribution in [2.45, 2.75) is 58.6 Å². The van der Waals surface area contributed by atoms with Crippen LogP contribution in [0.1, 0.15) is 59.3 Å². The lowest BCUT2D eigenvalue weighted by Crippen LogP contribution is -2.45. The predicted molar refractivity (Wildman–Crippen MR) is 78.9 cm³/mol. The number of urea groups is 1. The molecule has 1 rings (SSSR count). The summed E-state index contributed by atoms with van der Waals surface area (Å²) in [7, 11) is 1.62. The van der Waals surface area contributed by atoms with Crippen LogP contribution in [0.15, 0.2) is 4.52 Å². The van der Waals surface area contributed by atoms with Crippen LogP contribution in [0.25, 0.3) is 0 Å². The van der Waals surface area contributed by atoms with Gasteiger partial charge in [-0.05, 0) is 20.8 Å². The summed E-state index contributed by atoms with van der Waals surface area (Å²) in [6.45, 7) is 11.3. The Morgan fingerprint density at radius 2 is 1.95 bits per heavy atom. The molecule has 0 aliphatic rings. The van der Waals surface area contributed by atoms with Crippen LogP contribution >= 0.6 is 0 Å². The van der Waals surface area contributed by atoms with Crippen molar-refractivity contribution < 1.29 is 14.4 Å². The van der Waals surface area contributed by atoms with Gasteiger partial charge in [0.2, 0.25) is 5.89 Å². The minimum absolute atomic E-state index is 0.205. The van der Waals surface area contributed by atoms with E-state index in [-0.39, 0.29) is 18.0 Å². The highest BCUT2D eigenvalue weighted by Gasteiger charge is 2.25. The third-order valence-electron chi connectivity index (χ3n) is 2.79. The number of likely N-dealkylation sites (N-methyl/N-ethyl adjacent to an activating group) is 1. The first-order chi connectivity index (χ1) is 9.40. The third kappa shape index (κ3) is 5.34. The normalized spacial score (nSPS) is 13.9. The van der Waals surface area contributed by atoms with Gasteiger partial charge in [0.1, 0.15) is 6.04 Å². The average Bonchev–Trinajstić information content (AvgIpc) is 2.74. The van der Waals surface area contributed by atoms with Gasteiger partial charge in [0.15, 0.2) is 5.82 Å². The molecule has 1 heterocycles. The Bertz CT molecular complexity index is 485. The summed E-state index contributed by atoms with van der Waals surface area (Å²) in [5, 5.41) is 16.4. The van der Waals surface area contributed by atoms with E-state index < -0.39 is 11.6 Å². The molecular formula is C14H26N4O3. The van der Waals surface area contributed by atoms with Crippen LogP contribution < -0.4 is 5.32 Å². The number of aromatic nitrogens is 2. The number of carbonyl (C=O) groups excluding carboxylic acids is 1. The summed E-state index contributed by atoms with van der Waals surface area (Å²) < 4.78 is 5.19. The number of hydrogen-bond acceptors (Lipinski definition) is 5. The molecule has 0 fully saturated rings. The van der Waals surface area contributed by atoms with Crippen molar-refractivity contribution in [2.24, 2.45) is 0 Å². The Hall–Kier alpha value is -1.63. The minimum Gasteiger partial charge on any atom is -0.389 e. The van der Waals surface area contributed by atoms with E-state index >= 15 is 0 Å². The Morgan fingerprint density at radius 1 is 1.38 bits per heavy atom. The largest absolute Gasteiger partial charge is 0.389 e. The number of amides is 2. The van der Waals surface area contributed by atoms with Gasteiger partial charge < -0.3 is 19.8 Å². The van der Waals surface area contributed by atoms with Crippen LogP contribution in [-0.2, 0) is 5.41 Å². The smallest absolute Gasteiger partial charge is 0.317 e. The van der Waals surface area contributed by atoms with Crippen LogP contribution in [0.4, 0.5) is 4.79 Å². The second kappa shape index (κ2) is 6.01. The lowest BCUT2D eigenvalue weighted by atomic mass is 9.96. The molecule has 7 nitrogen and oxygen atoms in total. The maximum absolute atomic E-state index is 12.0. The topological polar surface area (TPSA) is 91.5 Å². The van der Waals surface area contributed by atoms with E-state index in [4.69, 9.17) is 4.52 Å². The first kappa shape index (κ1) is 17.4. The molecule has 0 saturated heterocycles. The molecule has 0 aromatic carbocycles. The van der Waals surface area contributed by atoms with Crippen molar-refractivity contribution in [1.82, 2.24) is 20.4 Å². The molecule has 7 heteroatoms. The predicted octanol–water partition coefficient (Wildman–Crippen LogP) is 1.84. The Kier molecular flexibility index (Phi) is 4.99. The second-order valence-electron chi connectivity index (χ2n) is 7.05. The monoisotopic (exact) mass is 298 g/mol. The van der Waals surface area contributed by atoms with Crippen molar-refractivity contribution in [2.75, 3.05) is 13.6 Å². The lowest BCUT2D eigenvalue weighted by molar-refractivity contribution is 0.0527. The number of aliphatic hydroxyl groups is 1. The molecule has 21 heavy (non-hydrogen) atoms. The second-order valence-corrected chi connectivity index (χ2v) is 7.05. The van der Waals surface area contributed by atoms with Crippen molar-refractivity contribution in [1.29, 1.82) is 0 Å². The molecule has 0 aliphatic carbocycles. The first-order valence-corrected chi connectivity index (χ1v) is 6.98. The summed E-state index contributed by atoms with van der Waals surface area (Å²) in [6, 6.07) is -0.703. The summed E-state index contributed by atoms with van der Waals surface area (Å²) in [5.41, 5.74) is -1.15. The van der Waals surface area contributed by atoms with E-state index in [1.165, 1.54) is 4.90 Å². The van der Waals surface area contributed by atoms with Gasteiger partial charge >= 0.3 is 6.03 Å². The third-order valence-corrected chi connectivity index (χ3v) is 2.79. The molecule has 1 atom stereocenters. The van der Waals surface area contributed by atoms with Crippen LogP contribution in [-0.4, -0.2) is 45.4 Å². The van der Waals surface area contributed by atoms with E-state index in [9.17, 15) is 9.90 Å². The molecule has 0 saturated carbocycles. The molecule has 2 amide bonds. The maximum atomic E-state index is 12.0. The highest BCUT2D eigenvalue weighted by atomic mass is 16.5. The van der Waals surface area contributed by atoms with Crippen LogP contribution in [0.5, 0.6) is 0 Å². The van der Waals surface area contributed by atoms with Gasteiger partial charge in [-0.2, -0.15) is 4.98 Å². The summed E-state index contributed by atoms with van der Waals surface area (Å²) >= 11 is 0. The molecule has 0 aliphatic heterocycles. The lowest BCUT2D eigenvalue weighted by Gasteiger charge is -2.26. The van der Waals surface area contributed by atoms with E-state index in [1.807, 2.05) is 20.8 Å². The van der Waals surface area contributed by atoms with E-state index in [2.05, 4.69) is 15.5 Å². The van der Waals surface area contributed by atoms with Crippen LogP contribution in [0.2, 0.25) is 0 Å². The van der Waals surface area contributed by atoms with Gasteiger partial charge in [-0.1, -0.05) is 25.9 Å². The SMILES string of the molecule is CC(NC(=O)N(C)CC(C)(C)O)c1nc(C(C)(C)C)no1. The highest BCUT2D eigenvalue weighted by Crippen LogP contribution is 2.20. The fourth-order valence-corrected chi connectivity index (χ4v) is 1.73. The minimum atomic E-state index is -0.945. The number of nitrogens with zero attached hydrogens (tertiary/aromatic N) is 3.